The van der Waals surface area contributed by atoms with Gasteiger partial charge in [-0.1, -0.05) is 36.8 Å². The molecule has 1 amide bonds. The summed E-state index contributed by atoms with van der Waals surface area (Å²) in [5, 5.41) is 0. The number of carbonyl (C=O) groups is 2. The molecule has 5 nitrogen and oxygen atoms in total. The molecule has 0 N–H and O–H groups in total. The molecule has 1 aliphatic rings. The van der Waals surface area contributed by atoms with Crippen molar-refractivity contribution in [3.8, 4) is 0 Å². The van der Waals surface area contributed by atoms with Gasteiger partial charge in [-0.2, -0.15) is 0 Å². The molecule has 0 saturated carbocycles. The molecule has 1 aliphatic heterocycles. The molecule has 0 aromatic heterocycles. The molecule has 0 spiro atoms. The van der Waals surface area contributed by atoms with E-state index < -0.39 is 17.7 Å². The van der Waals surface area contributed by atoms with Gasteiger partial charge in [0.15, 0.2) is 0 Å². The number of ether oxygens (including phenoxy) is 1. The molecule has 1 aromatic carbocycles. The van der Waals surface area contributed by atoms with Crippen LogP contribution in [0.2, 0.25) is 0 Å². The third-order valence-electron chi connectivity index (χ3n) is 4.56. The summed E-state index contributed by atoms with van der Waals surface area (Å²) in [4.78, 5) is 28.0. The number of piperidine rings is 1. The van der Waals surface area contributed by atoms with E-state index in [1.54, 1.807) is 7.05 Å². The molecule has 1 saturated heterocycles. The van der Waals surface area contributed by atoms with Crippen molar-refractivity contribution in [1.82, 2.24) is 9.80 Å². The van der Waals surface area contributed by atoms with Gasteiger partial charge in [-0.15, -0.1) is 0 Å². The number of carbonyl (C=O) groups excluding carboxylic acids is 2. The standard InChI is InChI=1S/C20H30N2O3/c1-20(2,3)25-19(24)21(4)18(15-23)17-12-8-9-13-22(17)14-16-10-6-5-7-11-16/h5-7,10-11,15,17-18H,8-9,12-14H2,1-4H3. The SMILES string of the molecule is CN(C(=O)OC(C)(C)C)C(C=O)C1CCCCN1Cc1ccccc1. The normalized spacial score (nSPS) is 19.9. The van der Waals surface area contributed by atoms with Crippen molar-refractivity contribution >= 4 is 12.4 Å². The highest BCUT2D eigenvalue weighted by Crippen LogP contribution is 2.24. The van der Waals surface area contributed by atoms with Gasteiger partial charge < -0.3 is 9.53 Å². The summed E-state index contributed by atoms with van der Waals surface area (Å²) in [5.74, 6) is 0. The maximum Gasteiger partial charge on any atom is 0.410 e. The van der Waals surface area contributed by atoms with Gasteiger partial charge in [0.25, 0.3) is 0 Å². The lowest BCUT2D eigenvalue weighted by Gasteiger charge is -2.41. The first-order chi connectivity index (χ1) is 11.8. The zero-order chi connectivity index (χ0) is 18.4. The molecule has 0 aliphatic carbocycles. The number of aldehydes is 1. The monoisotopic (exact) mass is 346 g/mol. The number of benzene rings is 1. The molecule has 0 bridgehead atoms. The van der Waals surface area contributed by atoms with E-state index in [0.29, 0.717) is 0 Å². The van der Waals surface area contributed by atoms with Crippen LogP contribution in [0.25, 0.3) is 0 Å². The molecule has 5 heteroatoms. The van der Waals surface area contributed by atoms with Crippen LogP contribution in [0.1, 0.15) is 45.6 Å². The van der Waals surface area contributed by atoms with Crippen molar-refractivity contribution in [2.24, 2.45) is 0 Å². The minimum absolute atomic E-state index is 0.0176. The Hall–Kier alpha value is -1.88. The Morgan fingerprint density at radius 3 is 2.60 bits per heavy atom. The van der Waals surface area contributed by atoms with Gasteiger partial charge in [0, 0.05) is 19.6 Å². The van der Waals surface area contributed by atoms with Crippen LogP contribution in [0.3, 0.4) is 0 Å². The maximum absolute atomic E-state index is 12.4. The van der Waals surface area contributed by atoms with Crippen LogP contribution < -0.4 is 0 Å². The molecule has 1 fully saturated rings. The Morgan fingerprint density at radius 1 is 1.32 bits per heavy atom. The third-order valence-corrected chi connectivity index (χ3v) is 4.56. The predicted octanol–water partition coefficient (Wildman–Crippen LogP) is 3.48. The predicted molar refractivity (Wildman–Crippen MR) is 98.3 cm³/mol. The molecular weight excluding hydrogens is 316 g/mol. The molecule has 0 radical (unpaired) electrons. The zero-order valence-corrected chi connectivity index (χ0v) is 15.8. The molecular formula is C20H30N2O3. The lowest BCUT2D eigenvalue weighted by molar-refractivity contribution is -0.115. The molecule has 138 valence electrons. The number of hydrogen-bond donors (Lipinski definition) is 0. The van der Waals surface area contributed by atoms with E-state index >= 15 is 0 Å². The largest absolute Gasteiger partial charge is 0.444 e. The molecule has 2 rings (SSSR count). The van der Waals surface area contributed by atoms with Crippen LogP contribution in [-0.2, 0) is 16.1 Å². The number of hydrogen-bond acceptors (Lipinski definition) is 4. The van der Waals surface area contributed by atoms with Crippen LogP contribution >= 0.6 is 0 Å². The van der Waals surface area contributed by atoms with Gasteiger partial charge in [0.2, 0.25) is 0 Å². The second-order valence-corrected chi connectivity index (χ2v) is 7.74. The maximum atomic E-state index is 12.4. The van der Waals surface area contributed by atoms with Crippen LogP contribution in [0.5, 0.6) is 0 Å². The van der Waals surface area contributed by atoms with Gasteiger partial charge in [-0.25, -0.2) is 4.79 Å². The van der Waals surface area contributed by atoms with E-state index in [2.05, 4.69) is 17.0 Å². The highest BCUT2D eigenvalue weighted by atomic mass is 16.6. The minimum Gasteiger partial charge on any atom is -0.444 e. The van der Waals surface area contributed by atoms with Crippen molar-refractivity contribution < 1.29 is 14.3 Å². The number of likely N-dealkylation sites (N-methyl/N-ethyl adjacent to an activating group) is 1. The summed E-state index contributed by atoms with van der Waals surface area (Å²) in [5.41, 5.74) is 0.647. The van der Waals surface area contributed by atoms with E-state index in [-0.39, 0.29) is 6.04 Å². The topological polar surface area (TPSA) is 49.9 Å². The number of amides is 1. The Morgan fingerprint density at radius 2 is 2.00 bits per heavy atom. The molecule has 2 unspecified atom stereocenters. The summed E-state index contributed by atoms with van der Waals surface area (Å²) >= 11 is 0. The van der Waals surface area contributed by atoms with Crippen LogP contribution in [0.4, 0.5) is 4.79 Å². The minimum atomic E-state index is -0.574. The first-order valence-corrected chi connectivity index (χ1v) is 9.01. The first-order valence-electron chi connectivity index (χ1n) is 9.01. The zero-order valence-electron chi connectivity index (χ0n) is 15.8. The van der Waals surface area contributed by atoms with Gasteiger partial charge in [0.1, 0.15) is 17.9 Å². The average Bonchev–Trinajstić information content (AvgIpc) is 2.56. The van der Waals surface area contributed by atoms with Crippen LogP contribution in [0, 0.1) is 0 Å². The van der Waals surface area contributed by atoms with Crippen molar-refractivity contribution in [3.63, 3.8) is 0 Å². The summed E-state index contributed by atoms with van der Waals surface area (Å²) in [6.07, 6.45) is 3.53. The highest BCUT2D eigenvalue weighted by Gasteiger charge is 2.35. The number of likely N-dealkylation sites (tertiary alicyclic amines) is 1. The third kappa shape index (κ3) is 5.56. The molecule has 2 atom stereocenters. The van der Waals surface area contributed by atoms with Gasteiger partial charge in [-0.3, -0.25) is 9.80 Å². The van der Waals surface area contributed by atoms with E-state index in [1.807, 2.05) is 39.0 Å². The van der Waals surface area contributed by atoms with Crippen LogP contribution in [-0.4, -0.2) is 53.5 Å². The Balaban J connectivity index is 2.12. The van der Waals surface area contributed by atoms with Crippen molar-refractivity contribution in [2.45, 2.75) is 64.3 Å². The van der Waals surface area contributed by atoms with Gasteiger partial charge in [0.05, 0.1) is 0 Å². The lowest BCUT2D eigenvalue weighted by Crippen LogP contribution is -2.55. The van der Waals surface area contributed by atoms with Gasteiger partial charge in [-0.05, 0) is 45.7 Å². The summed E-state index contributed by atoms with van der Waals surface area (Å²) in [6.45, 7) is 7.22. The van der Waals surface area contributed by atoms with E-state index in [1.165, 1.54) is 10.5 Å². The van der Waals surface area contributed by atoms with E-state index in [4.69, 9.17) is 4.74 Å². The van der Waals surface area contributed by atoms with Crippen molar-refractivity contribution in [1.29, 1.82) is 0 Å². The first kappa shape index (κ1) is 19.4. The molecule has 1 heterocycles. The van der Waals surface area contributed by atoms with E-state index in [9.17, 15) is 9.59 Å². The smallest absolute Gasteiger partial charge is 0.410 e. The number of rotatable bonds is 5. The quantitative estimate of drug-likeness (QED) is 0.766. The average molecular weight is 346 g/mol. The highest BCUT2D eigenvalue weighted by molar-refractivity contribution is 5.74. The fourth-order valence-corrected chi connectivity index (χ4v) is 3.31. The fraction of sp³-hybridized carbons (Fsp3) is 0.600. The summed E-state index contributed by atoms with van der Waals surface area (Å²) in [7, 11) is 1.66. The van der Waals surface area contributed by atoms with Crippen molar-refractivity contribution in [3.05, 3.63) is 35.9 Å². The second-order valence-electron chi connectivity index (χ2n) is 7.74. The second kappa shape index (κ2) is 8.48. The number of nitrogens with zero attached hydrogens (tertiary/aromatic N) is 2. The summed E-state index contributed by atoms with van der Waals surface area (Å²) < 4.78 is 5.44. The van der Waals surface area contributed by atoms with E-state index in [0.717, 1.165) is 38.6 Å². The lowest BCUT2D eigenvalue weighted by atomic mass is 9.94. The summed E-state index contributed by atoms with van der Waals surface area (Å²) in [6, 6.07) is 9.76. The van der Waals surface area contributed by atoms with Gasteiger partial charge >= 0.3 is 6.09 Å². The Bertz CT molecular complexity index is 568. The Labute approximate surface area is 150 Å². The Kier molecular flexibility index (Phi) is 6.59. The molecule has 25 heavy (non-hydrogen) atoms. The van der Waals surface area contributed by atoms with Crippen LogP contribution in [0.15, 0.2) is 30.3 Å². The van der Waals surface area contributed by atoms with Crippen molar-refractivity contribution in [2.75, 3.05) is 13.6 Å². The fourth-order valence-electron chi connectivity index (χ4n) is 3.31. The molecule has 1 aromatic rings.